The second kappa shape index (κ2) is 8.76. The minimum Gasteiger partial charge on any atom is -0.450 e. The van der Waals surface area contributed by atoms with Crippen LogP contribution in [0.3, 0.4) is 0 Å². The summed E-state index contributed by atoms with van der Waals surface area (Å²) in [6, 6.07) is 0. The van der Waals surface area contributed by atoms with E-state index in [1.165, 1.54) is 4.68 Å². The van der Waals surface area contributed by atoms with Crippen molar-refractivity contribution < 1.29 is 29.6 Å². The number of nitrogens with zero attached hydrogens (tertiary/aromatic N) is 3. The van der Waals surface area contributed by atoms with Crippen LogP contribution in [0.15, 0.2) is 29.5 Å². The molecule has 1 saturated heterocycles. The van der Waals surface area contributed by atoms with Crippen LogP contribution < -0.4 is 4.90 Å². The normalized spacial score (nSPS) is 39.4. The zero-order valence-electron chi connectivity index (χ0n) is 24.5. The molecular formula is C31H43N3O6. The van der Waals surface area contributed by atoms with Crippen molar-refractivity contribution in [2.24, 2.45) is 41.0 Å². The van der Waals surface area contributed by atoms with Crippen LogP contribution in [0.2, 0.25) is 0 Å². The minimum absolute atomic E-state index is 0.0478. The van der Waals surface area contributed by atoms with Crippen LogP contribution in [0.1, 0.15) is 70.8 Å². The van der Waals surface area contributed by atoms with Gasteiger partial charge in [0.25, 0.3) is 0 Å². The number of esters is 1. The van der Waals surface area contributed by atoms with E-state index in [4.69, 9.17) is 4.74 Å². The van der Waals surface area contributed by atoms with E-state index in [0.29, 0.717) is 17.7 Å². The molecule has 1 aromatic rings. The monoisotopic (exact) mass is 553 g/mol. The first-order valence-corrected chi connectivity index (χ1v) is 14.7. The zero-order chi connectivity index (χ0) is 29.0. The van der Waals surface area contributed by atoms with Gasteiger partial charge in [0.15, 0.2) is 23.2 Å². The van der Waals surface area contributed by atoms with Gasteiger partial charge < -0.3 is 25.0 Å². The van der Waals surface area contributed by atoms with E-state index < -0.39 is 47.1 Å². The Morgan fingerprint density at radius 2 is 1.85 bits per heavy atom. The maximum Gasteiger partial charge on any atom is 0.359 e. The van der Waals surface area contributed by atoms with Gasteiger partial charge in [0.05, 0.1) is 23.9 Å². The summed E-state index contributed by atoms with van der Waals surface area (Å²) in [5.74, 6) is -1.11. The highest BCUT2D eigenvalue weighted by Gasteiger charge is 2.79. The largest absolute Gasteiger partial charge is 0.450 e. The first-order chi connectivity index (χ1) is 18.7. The van der Waals surface area contributed by atoms with Crippen LogP contribution in [0.25, 0.3) is 0 Å². The smallest absolute Gasteiger partial charge is 0.359 e. The number of ether oxygens (including phenoxy) is 1. The van der Waals surface area contributed by atoms with Gasteiger partial charge in [-0.2, -0.15) is 5.10 Å². The fraction of sp³-hybridized carbons (Fsp3) is 0.710. The predicted molar refractivity (Wildman–Crippen MR) is 148 cm³/mol. The number of aliphatic hydroxyl groups excluding tert-OH is 2. The minimum atomic E-state index is -2.19. The van der Waals surface area contributed by atoms with Crippen molar-refractivity contribution in [3.8, 4) is 0 Å². The molecule has 1 aliphatic heterocycles. The van der Waals surface area contributed by atoms with E-state index in [2.05, 4.69) is 23.8 Å². The maximum atomic E-state index is 14.7. The summed E-state index contributed by atoms with van der Waals surface area (Å²) in [4.78, 5) is 30.7. The highest BCUT2D eigenvalue weighted by atomic mass is 16.6. The third-order valence-electron chi connectivity index (χ3n) is 11.3. The molecule has 0 aromatic carbocycles. The molecule has 4 aliphatic carbocycles. The number of rotatable bonds is 4. The lowest BCUT2D eigenvalue weighted by molar-refractivity contribution is -0.203. The second-order valence-electron chi connectivity index (χ2n) is 14.1. The molecule has 0 unspecified atom stereocenters. The molecule has 218 valence electrons. The van der Waals surface area contributed by atoms with Crippen LogP contribution in [0, 0.1) is 34.0 Å². The number of allylic oxidation sites excluding steroid dienone is 1. The number of fused-ring (bicyclic) bond motifs is 3. The molecule has 3 N–H and O–H groups in total. The molecule has 2 bridgehead atoms. The van der Waals surface area contributed by atoms with Crippen molar-refractivity contribution in [2.75, 3.05) is 24.6 Å². The van der Waals surface area contributed by atoms with Crippen LogP contribution in [-0.4, -0.2) is 74.4 Å². The number of anilines is 1. The average Bonchev–Trinajstić information content (AvgIpc) is 3.17. The van der Waals surface area contributed by atoms with Crippen molar-refractivity contribution in [3.63, 3.8) is 0 Å². The molecule has 7 atom stereocenters. The van der Waals surface area contributed by atoms with Crippen LogP contribution in [0.4, 0.5) is 5.69 Å². The van der Waals surface area contributed by atoms with Gasteiger partial charge in [0.2, 0.25) is 0 Å². The number of aromatic nitrogens is 2. The third kappa shape index (κ3) is 3.34. The van der Waals surface area contributed by atoms with E-state index in [9.17, 15) is 24.9 Å². The number of Topliss-reactive ketones (excluding diaryl/α,β-unsaturated/α-hetero) is 1. The summed E-state index contributed by atoms with van der Waals surface area (Å²) in [5.41, 5.74) is -2.88. The fourth-order valence-electron chi connectivity index (χ4n) is 9.11. The fourth-order valence-corrected chi connectivity index (χ4v) is 9.11. The number of hydrogen-bond acceptors (Lipinski definition) is 8. The van der Waals surface area contributed by atoms with E-state index >= 15 is 0 Å². The number of carbonyl (C=O) groups is 2. The Kier molecular flexibility index (Phi) is 6.06. The molecule has 40 heavy (non-hydrogen) atoms. The summed E-state index contributed by atoms with van der Waals surface area (Å²) < 4.78 is 7.63. The SMILES string of the molecule is CC1=C[C@]23C(=O)[C@@H](C=C(CO)[C@@H](O)[C@]2(O)[C@H]1OC(=O)c1c(N2CCCCC2)cnn1C)[C@H]1[C@@H](CC3(C)C)C1(C)C. The van der Waals surface area contributed by atoms with Gasteiger partial charge in [0.1, 0.15) is 6.10 Å². The third-order valence-corrected chi connectivity index (χ3v) is 11.3. The highest BCUT2D eigenvalue weighted by Crippen LogP contribution is 2.74. The van der Waals surface area contributed by atoms with Gasteiger partial charge in [-0.3, -0.25) is 9.48 Å². The molecule has 0 radical (unpaired) electrons. The maximum absolute atomic E-state index is 14.7. The van der Waals surface area contributed by atoms with Gasteiger partial charge in [-0.15, -0.1) is 0 Å². The highest BCUT2D eigenvalue weighted by molar-refractivity contribution is 5.97. The molecule has 2 saturated carbocycles. The molecule has 1 aromatic heterocycles. The number of ketones is 1. The number of aliphatic hydroxyl groups is 3. The quantitative estimate of drug-likeness (QED) is 0.384. The van der Waals surface area contributed by atoms with Crippen LogP contribution >= 0.6 is 0 Å². The Balaban J connectivity index is 1.45. The van der Waals surface area contributed by atoms with Crippen molar-refractivity contribution in [2.45, 2.75) is 78.1 Å². The lowest BCUT2D eigenvalue weighted by Gasteiger charge is -2.53. The van der Waals surface area contributed by atoms with E-state index in [0.717, 1.165) is 32.4 Å². The summed E-state index contributed by atoms with van der Waals surface area (Å²) in [6.07, 6.45) is 6.09. The number of aryl methyl sites for hydroxylation is 1. The zero-order valence-corrected chi connectivity index (χ0v) is 24.5. The predicted octanol–water partition coefficient (Wildman–Crippen LogP) is 2.79. The summed E-state index contributed by atoms with van der Waals surface area (Å²) in [6.45, 7) is 11.1. The van der Waals surface area contributed by atoms with Crippen LogP contribution in [0.5, 0.6) is 0 Å². The topological polar surface area (TPSA) is 125 Å². The molecule has 3 fully saturated rings. The van der Waals surface area contributed by atoms with E-state index in [1.54, 1.807) is 32.3 Å². The molecular weight excluding hydrogens is 510 g/mol. The van der Waals surface area contributed by atoms with Gasteiger partial charge in [-0.1, -0.05) is 39.8 Å². The van der Waals surface area contributed by atoms with Crippen molar-refractivity contribution in [3.05, 3.63) is 35.2 Å². The first kappa shape index (κ1) is 27.7. The Morgan fingerprint density at radius 1 is 1.18 bits per heavy atom. The van der Waals surface area contributed by atoms with Crippen molar-refractivity contribution >= 4 is 17.4 Å². The molecule has 6 rings (SSSR count). The van der Waals surface area contributed by atoms with Gasteiger partial charge in [-0.25, -0.2) is 4.79 Å². The summed E-state index contributed by atoms with van der Waals surface area (Å²) >= 11 is 0. The Morgan fingerprint density at radius 3 is 2.50 bits per heavy atom. The Hall–Kier alpha value is -2.49. The lowest BCUT2D eigenvalue weighted by atomic mass is 9.52. The number of hydrogen-bond donors (Lipinski definition) is 3. The summed E-state index contributed by atoms with van der Waals surface area (Å²) in [5, 5.41) is 39.4. The molecule has 5 aliphatic rings. The van der Waals surface area contributed by atoms with E-state index in [1.807, 2.05) is 13.8 Å². The standard InChI is InChI=1S/C31H43N3O6/c1-17-13-30-25(37)19(22-20(29(22,4)5)14-28(30,2)3)12-18(16-35)24(36)31(30,39)26(17)40-27(38)23-21(15-32-33(23)6)34-10-8-7-9-11-34/h12-13,15,19-20,22,24,26,35-36,39H,7-11,14,16H2,1-6H3/t19-,20+,22-,24+,26-,30+,31-/m0/s1. The molecule has 9 nitrogen and oxygen atoms in total. The number of piperidine rings is 1. The van der Waals surface area contributed by atoms with Crippen LogP contribution in [-0.2, 0) is 16.6 Å². The van der Waals surface area contributed by atoms with Gasteiger partial charge >= 0.3 is 5.97 Å². The lowest BCUT2D eigenvalue weighted by Crippen LogP contribution is -2.68. The first-order valence-electron chi connectivity index (χ1n) is 14.7. The van der Waals surface area contributed by atoms with Gasteiger partial charge in [-0.05, 0) is 66.4 Å². The second-order valence-corrected chi connectivity index (χ2v) is 14.1. The average molecular weight is 554 g/mol. The number of carbonyl (C=O) groups excluding carboxylic acids is 2. The molecule has 1 spiro atoms. The Bertz CT molecular complexity index is 1320. The molecule has 9 heteroatoms. The van der Waals surface area contributed by atoms with Gasteiger partial charge in [0, 0.05) is 26.1 Å². The molecule has 0 amide bonds. The van der Waals surface area contributed by atoms with Crippen molar-refractivity contribution in [1.82, 2.24) is 9.78 Å². The Labute approximate surface area is 235 Å². The summed E-state index contributed by atoms with van der Waals surface area (Å²) in [7, 11) is 1.68. The van der Waals surface area contributed by atoms with E-state index in [-0.39, 0.29) is 34.3 Å². The molecule has 2 heterocycles. The van der Waals surface area contributed by atoms with Crippen molar-refractivity contribution in [1.29, 1.82) is 0 Å².